The Kier molecular flexibility index (Phi) is 58.8. The largest absolute Gasteiger partial charge is 0.462 e. The summed E-state index contributed by atoms with van der Waals surface area (Å²) in [6.45, 7) is 6.47. The first kappa shape index (κ1) is 70.3. The Hall–Kier alpha value is -3.67. The van der Waals surface area contributed by atoms with Gasteiger partial charge in [-0.25, -0.2) is 0 Å². The molecule has 6 heteroatoms. The highest BCUT2D eigenvalue weighted by molar-refractivity contribution is 5.71. The molecule has 0 aromatic heterocycles. The lowest BCUT2D eigenvalue weighted by Crippen LogP contribution is -2.30. The van der Waals surface area contributed by atoms with E-state index in [1.165, 1.54) is 161 Å². The normalized spacial score (nSPS) is 12.7. The number of hydrogen-bond acceptors (Lipinski definition) is 6. The monoisotopic (exact) mass is 1030 g/mol. The first-order valence-electron chi connectivity index (χ1n) is 31.2. The summed E-state index contributed by atoms with van der Waals surface area (Å²) in [5.41, 5.74) is 0. The van der Waals surface area contributed by atoms with Crippen LogP contribution in [0.3, 0.4) is 0 Å². The van der Waals surface area contributed by atoms with Gasteiger partial charge in [-0.2, -0.15) is 0 Å². The average Bonchev–Trinajstić information content (AvgIpc) is 3.40. The van der Waals surface area contributed by atoms with Crippen LogP contribution in [0.2, 0.25) is 0 Å². The summed E-state index contributed by atoms with van der Waals surface area (Å²) in [5.74, 6) is -0.957. The molecule has 0 saturated carbocycles. The van der Waals surface area contributed by atoms with Crippen LogP contribution in [0.5, 0.6) is 0 Å². The lowest BCUT2D eigenvalue weighted by molar-refractivity contribution is -0.167. The fraction of sp³-hybridized carbons (Fsp3) is 0.721. The van der Waals surface area contributed by atoms with E-state index < -0.39 is 6.10 Å². The second kappa shape index (κ2) is 61.9. The lowest BCUT2D eigenvalue weighted by atomic mass is 10.0. The fourth-order valence-corrected chi connectivity index (χ4v) is 8.66. The van der Waals surface area contributed by atoms with E-state index in [4.69, 9.17) is 14.2 Å². The van der Waals surface area contributed by atoms with Gasteiger partial charge in [-0.05, 0) is 96.3 Å². The minimum absolute atomic E-state index is 0.0990. The molecule has 0 aliphatic heterocycles. The van der Waals surface area contributed by atoms with Crippen LogP contribution >= 0.6 is 0 Å². The molecule has 0 amide bonds. The quantitative estimate of drug-likeness (QED) is 0.0261. The molecule has 1 atom stereocenters. The summed E-state index contributed by atoms with van der Waals surface area (Å²) < 4.78 is 16.8. The smallest absolute Gasteiger partial charge is 0.306 e. The Morgan fingerprint density at radius 2 is 0.541 bits per heavy atom. The Bertz CT molecular complexity index is 1460. The van der Waals surface area contributed by atoms with Crippen LogP contribution in [0.4, 0.5) is 0 Å². The SMILES string of the molecule is CC/C=C\C/C=C\C/C=C\C/C=C\C/C=C\C/C=C\C/C=C\CCCC(=O)OC(COC(=O)CCCCCCCCCC)COC(=O)CCCCCCCCCCCCCCC/C=C\CCCCCCCCCC. The van der Waals surface area contributed by atoms with Gasteiger partial charge >= 0.3 is 17.9 Å². The predicted molar refractivity (Wildman–Crippen MR) is 320 cm³/mol. The van der Waals surface area contributed by atoms with Crippen molar-refractivity contribution in [3.63, 3.8) is 0 Å². The van der Waals surface area contributed by atoms with E-state index >= 15 is 0 Å². The Morgan fingerprint density at radius 3 is 0.878 bits per heavy atom. The molecule has 0 aromatic rings. The van der Waals surface area contributed by atoms with Crippen LogP contribution in [0.25, 0.3) is 0 Å². The number of rotatable bonds is 56. The number of allylic oxidation sites excluding steroid dienone is 16. The first-order valence-corrected chi connectivity index (χ1v) is 31.2. The molecule has 0 spiro atoms. The number of carbonyl (C=O) groups excluding carboxylic acids is 3. The summed E-state index contributed by atoms with van der Waals surface area (Å²) in [6.07, 6.45) is 83.0. The number of esters is 3. The van der Waals surface area contributed by atoms with Crippen molar-refractivity contribution < 1.29 is 28.6 Å². The predicted octanol–water partition coefficient (Wildman–Crippen LogP) is 21.3. The van der Waals surface area contributed by atoms with Gasteiger partial charge in [0.1, 0.15) is 13.2 Å². The summed E-state index contributed by atoms with van der Waals surface area (Å²) >= 11 is 0. The van der Waals surface area contributed by atoms with E-state index in [0.717, 1.165) is 89.9 Å². The van der Waals surface area contributed by atoms with Crippen molar-refractivity contribution in [1.82, 2.24) is 0 Å². The molecule has 0 fully saturated rings. The first-order chi connectivity index (χ1) is 36.5. The van der Waals surface area contributed by atoms with E-state index in [1.54, 1.807) is 0 Å². The minimum Gasteiger partial charge on any atom is -0.462 e. The Labute approximate surface area is 457 Å². The van der Waals surface area contributed by atoms with Gasteiger partial charge in [0.2, 0.25) is 0 Å². The molecule has 0 aliphatic rings. The molecular weight excluding hydrogens is 913 g/mol. The lowest BCUT2D eigenvalue weighted by Gasteiger charge is -2.18. The van der Waals surface area contributed by atoms with Gasteiger partial charge < -0.3 is 14.2 Å². The molecule has 0 bridgehead atoms. The molecule has 0 saturated heterocycles. The molecule has 1 unspecified atom stereocenters. The Morgan fingerprint density at radius 1 is 0.284 bits per heavy atom. The molecule has 0 N–H and O–H groups in total. The molecule has 74 heavy (non-hydrogen) atoms. The highest BCUT2D eigenvalue weighted by Gasteiger charge is 2.19. The maximum atomic E-state index is 12.8. The van der Waals surface area contributed by atoms with E-state index in [1.807, 2.05) is 0 Å². The van der Waals surface area contributed by atoms with Crippen molar-refractivity contribution >= 4 is 17.9 Å². The van der Waals surface area contributed by atoms with Gasteiger partial charge in [0.15, 0.2) is 6.10 Å². The van der Waals surface area contributed by atoms with E-state index in [-0.39, 0.29) is 37.5 Å². The number of carbonyl (C=O) groups is 3. The molecule has 0 radical (unpaired) electrons. The molecular formula is C68H116O6. The van der Waals surface area contributed by atoms with Crippen LogP contribution in [-0.2, 0) is 28.6 Å². The minimum atomic E-state index is -0.806. The summed E-state index contributed by atoms with van der Waals surface area (Å²) in [6, 6.07) is 0. The van der Waals surface area contributed by atoms with E-state index in [9.17, 15) is 14.4 Å². The third-order valence-corrected chi connectivity index (χ3v) is 13.3. The van der Waals surface area contributed by atoms with Crippen molar-refractivity contribution in [1.29, 1.82) is 0 Å². The van der Waals surface area contributed by atoms with Gasteiger partial charge in [-0.3, -0.25) is 14.4 Å². The zero-order chi connectivity index (χ0) is 53.6. The van der Waals surface area contributed by atoms with Crippen molar-refractivity contribution in [2.45, 2.75) is 303 Å². The number of unbranched alkanes of at least 4 members (excludes halogenated alkanes) is 29. The summed E-state index contributed by atoms with van der Waals surface area (Å²) in [7, 11) is 0. The van der Waals surface area contributed by atoms with Crippen molar-refractivity contribution in [3.05, 3.63) is 97.2 Å². The topological polar surface area (TPSA) is 78.9 Å². The highest BCUT2D eigenvalue weighted by Crippen LogP contribution is 2.16. The second-order valence-electron chi connectivity index (χ2n) is 20.6. The van der Waals surface area contributed by atoms with Gasteiger partial charge in [0.25, 0.3) is 0 Å². The van der Waals surface area contributed by atoms with Crippen LogP contribution in [0, 0.1) is 0 Å². The summed E-state index contributed by atoms with van der Waals surface area (Å²) in [5, 5.41) is 0. The zero-order valence-electron chi connectivity index (χ0n) is 48.6. The van der Waals surface area contributed by atoms with Gasteiger partial charge in [0, 0.05) is 19.3 Å². The fourth-order valence-electron chi connectivity index (χ4n) is 8.66. The molecule has 424 valence electrons. The van der Waals surface area contributed by atoms with Crippen LogP contribution in [-0.4, -0.2) is 37.2 Å². The third-order valence-electron chi connectivity index (χ3n) is 13.3. The summed E-state index contributed by atoms with van der Waals surface area (Å²) in [4.78, 5) is 38.1. The van der Waals surface area contributed by atoms with Crippen LogP contribution < -0.4 is 0 Å². The van der Waals surface area contributed by atoms with E-state index in [0.29, 0.717) is 19.3 Å². The van der Waals surface area contributed by atoms with E-state index in [2.05, 4.69) is 118 Å². The molecule has 6 nitrogen and oxygen atoms in total. The standard InChI is InChI=1S/C68H116O6/c1-4-7-10-13-16-19-21-23-25-27-29-31-33-34-36-37-39-41-43-45-47-49-52-55-58-61-67(70)73-64-65(63-72-66(69)60-57-54-51-18-15-12-9-6-3)74-68(71)62-59-56-53-50-48-46-44-42-40-38-35-32-30-28-26-24-22-20-17-14-11-8-5-2/h8,11,17,20,24,26-27,29-30,32,38,40,44,46,50,53,65H,4-7,9-10,12-16,18-19,21-23,25,28,31,33-37,39,41-43,45,47-49,51-52,54-64H2,1-3H3/b11-8-,20-17-,26-24-,29-27-,32-30-,40-38-,46-44-,53-50-. The maximum Gasteiger partial charge on any atom is 0.306 e. The van der Waals surface area contributed by atoms with Crippen molar-refractivity contribution in [3.8, 4) is 0 Å². The van der Waals surface area contributed by atoms with Crippen LogP contribution in [0.1, 0.15) is 297 Å². The number of hydrogen-bond donors (Lipinski definition) is 0. The van der Waals surface area contributed by atoms with Gasteiger partial charge in [0.05, 0.1) is 0 Å². The molecule has 0 rings (SSSR count). The highest BCUT2D eigenvalue weighted by atomic mass is 16.6. The third kappa shape index (κ3) is 59.2. The maximum absolute atomic E-state index is 12.8. The van der Waals surface area contributed by atoms with Crippen molar-refractivity contribution in [2.24, 2.45) is 0 Å². The van der Waals surface area contributed by atoms with Crippen LogP contribution in [0.15, 0.2) is 97.2 Å². The van der Waals surface area contributed by atoms with Crippen molar-refractivity contribution in [2.75, 3.05) is 13.2 Å². The number of ether oxygens (including phenoxy) is 3. The zero-order valence-corrected chi connectivity index (χ0v) is 48.6. The second-order valence-corrected chi connectivity index (χ2v) is 20.6. The van der Waals surface area contributed by atoms with Gasteiger partial charge in [-0.15, -0.1) is 0 Å². The average molecular weight is 1030 g/mol. The molecule has 0 heterocycles. The molecule has 0 aromatic carbocycles. The Balaban J connectivity index is 4.27. The molecule has 0 aliphatic carbocycles. The van der Waals surface area contributed by atoms with Gasteiger partial charge in [-0.1, -0.05) is 279 Å².